The van der Waals surface area contributed by atoms with E-state index in [2.05, 4.69) is 66.8 Å². The molecule has 1 heterocycles. The van der Waals surface area contributed by atoms with Crippen LogP contribution in [0.4, 0.5) is 17.1 Å². The Morgan fingerprint density at radius 2 is 1.71 bits per heavy atom. The Balaban J connectivity index is 2.03. The molecule has 2 aromatic carbocycles. The minimum atomic E-state index is 1.19. The molecule has 3 rings (SSSR count). The molecule has 0 saturated heterocycles. The number of fused-ring (bicyclic) bond motifs is 2. The number of para-hydroxylation sites is 1. The van der Waals surface area contributed by atoms with E-state index in [1.54, 1.807) is 0 Å². The molecular weight excluding hydrogens is 228 g/mol. The number of benzene rings is 2. The van der Waals surface area contributed by atoms with Crippen molar-refractivity contribution in [1.82, 2.24) is 0 Å². The van der Waals surface area contributed by atoms with Crippen molar-refractivity contribution in [2.75, 3.05) is 24.3 Å². The fourth-order valence-electron chi connectivity index (χ4n) is 1.91. The first-order valence-electron chi connectivity index (χ1n) is 5.59. The van der Waals surface area contributed by atoms with Gasteiger partial charge in [0.05, 0.1) is 11.4 Å². The smallest absolute Gasteiger partial charge is 0.0547 e. The Morgan fingerprint density at radius 1 is 0.941 bits per heavy atom. The highest BCUT2D eigenvalue weighted by Crippen LogP contribution is 2.44. The van der Waals surface area contributed by atoms with Gasteiger partial charge in [-0.3, -0.25) is 0 Å². The van der Waals surface area contributed by atoms with Crippen molar-refractivity contribution < 1.29 is 0 Å². The highest BCUT2D eigenvalue weighted by atomic mass is 32.2. The lowest BCUT2D eigenvalue weighted by Crippen LogP contribution is -2.09. The van der Waals surface area contributed by atoms with Gasteiger partial charge in [-0.2, -0.15) is 0 Å². The SMILES string of the molecule is CN(C)c1ccc2c(c1)Nc1ccccc1S2. The summed E-state index contributed by atoms with van der Waals surface area (Å²) in [6, 6.07) is 14.9. The summed E-state index contributed by atoms with van der Waals surface area (Å²) in [4.78, 5) is 4.69. The predicted octanol–water partition coefficient (Wildman–Crippen LogP) is 3.96. The van der Waals surface area contributed by atoms with Gasteiger partial charge in [-0.25, -0.2) is 0 Å². The maximum atomic E-state index is 3.49. The Labute approximate surface area is 106 Å². The molecule has 0 aliphatic carbocycles. The minimum absolute atomic E-state index is 1.19. The molecule has 0 radical (unpaired) electrons. The van der Waals surface area contributed by atoms with Gasteiger partial charge >= 0.3 is 0 Å². The van der Waals surface area contributed by atoms with Gasteiger partial charge in [0.2, 0.25) is 0 Å². The number of nitrogens with zero attached hydrogens (tertiary/aromatic N) is 1. The van der Waals surface area contributed by atoms with E-state index in [0.717, 1.165) is 0 Å². The van der Waals surface area contributed by atoms with Crippen LogP contribution in [0.25, 0.3) is 0 Å². The van der Waals surface area contributed by atoms with Crippen molar-refractivity contribution >= 4 is 28.8 Å². The third-order valence-electron chi connectivity index (χ3n) is 2.86. The first kappa shape index (κ1) is 10.5. The molecule has 0 unspecified atom stereocenters. The second-order valence-corrected chi connectivity index (χ2v) is 5.38. The summed E-state index contributed by atoms with van der Waals surface area (Å²) in [5.41, 5.74) is 3.61. The van der Waals surface area contributed by atoms with Crippen LogP contribution in [0.2, 0.25) is 0 Å². The monoisotopic (exact) mass is 242 g/mol. The summed E-state index contributed by atoms with van der Waals surface area (Å²) in [6.07, 6.45) is 0. The second kappa shape index (κ2) is 4.00. The Hall–Kier alpha value is -1.61. The summed E-state index contributed by atoms with van der Waals surface area (Å²) in [5, 5.41) is 3.49. The zero-order valence-corrected chi connectivity index (χ0v) is 10.7. The van der Waals surface area contributed by atoms with E-state index < -0.39 is 0 Å². The van der Waals surface area contributed by atoms with Crippen LogP contribution in [0.15, 0.2) is 52.3 Å². The van der Waals surface area contributed by atoms with Crippen LogP contribution in [0, 0.1) is 0 Å². The third kappa shape index (κ3) is 1.87. The van der Waals surface area contributed by atoms with Crippen molar-refractivity contribution in [3.05, 3.63) is 42.5 Å². The van der Waals surface area contributed by atoms with E-state index in [4.69, 9.17) is 0 Å². The largest absolute Gasteiger partial charge is 0.378 e. The molecule has 17 heavy (non-hydrogen) atoms. The highest BCUT2D eigenvalue weighted by Gasteiger charge is 2.15. The fraction of sp³-hybridized carbons (Fsp3) is 0.143. The molecule has 2 nitrogen and oxygen atoms in total. The normalized spacial score (nSPS) is 12.4. The van der Waals surface area contributed by atoms with Gasteiger partial charge in [0.25, 0.3) is 0 Å². The zero-order valence-electron chi connectivity index (χ0n) is 9.90. The summed E-state index contributed by atoms with van der Waals surface area (Å²) < 4.78 is 0. The summed E-state index contributed by atoms with van der Waals surface area (Å²) >= 11 is 1.82. The van der Waals surface area contributed by atoms with Crippen molar-refractivity contribution in [2.24, 2.45) is 0 Å². The molecule has 0 saturated carbocycles. The molecule has 2 aromatic rings. The van der Waals surface area contributed by atoms with E-state index in [1.165, 1.54) is 26.9 Å². The maximum Gasteiger partial charge on any atom is 0.0547 e. The topological polar surface area (TPSA) is 15.3 Å². The van der Waals surface area contributed by atoms with Gasteiger partial charge in [-0.15, -0.1) is 0 Å². The number of rotatable bonds is 1. The van der Waals surface area contributed by atoms with Crippen molar-refractivity contribution in [3.8, 4) is 0 Å². The lowest BCUT2D eigenvalue weighted by Gasteiger charge is -2.22. The Kier molecular flexibility index (Phi) is 2.48. The highest BCUT2D eigenvalue weighted by molar-refractivity contribution is 7.99. The first-order chi connectivity index (χ1) is 8.24. The van der Waals surface area contributed by atoms with Gasteiger partial charge in [0, 0.05) is 29.6 Å². The van der Waals surface area contributed by atoms with Crippen LogP contribution >= 0.6 is 11.8 Å². The van der Waals surface area contributed by atoms with E-state index in [9.17, 15) is 0 Å². The predicted molar refractivity (Wildman–Crippen MR) is 74.6 cm³/mol. The van der Waals surface area contributed by atoms with E-state index >= 15 is 0 Å². The number of anilines is 3. The molecule has 86 valence electrons. The van der Waals surface area contributed by atoms with Gasteiger partial charge in [-0.05, 0) is 30.3 Å². The van der Waals surface area contributed by atoms with Crippen LogP contribution < -0.4 is 10.2 Å². The van der Waals surface area contributed by atoms with Crippen LogP contribution in [-0.4, -0.2) is 14.1 Å². The lowest BCUT2D eigenvalue weighted by atomic mass is 10.2. The average Bonchev–Trinajstić information content (AvgIpc) is 2.35. The summed E-state index contributed by atoms with van der Waals surface area (Å²) in [7, 11) is 4.12. The molecule has 0 aromatic heterocycles. The quantitative estimate of drug-likeness (QED) is 0.695. The number of hydrogen-bond acceptors (Lipinski definition) is 3. The molecule has 0 amide bonds. The molecule has 1 aliphatic heterocycles. The van der Waals surface area contributed by atoms with Crippen LogP contribution in [-0.2, 0) is 0 Å². The van der Waals surface area contributed by atoms with Gasteiger partial charge in [-0.1, -0.05) is 23.9 Å². The van der Waals surface area contributed by atoms with Crippen LogP contribution in [0.3, 0.4) is 0 Å². The Morgan fingerprint density at radius 3 is 2.53 bits per heavy atom. The zero-order chi connectivity index (χ0) is 11.8. The maximum absolute atomic E-state index is 3.49. The number of hydrogen-bond donors (Lipinski definition) is 1. The van der Waals surface area contributed by atoms with Crippen LogP contribution in [0.1, 0.15) is 0 Å². The molecule has 0 atom stereocenters. The van der Waals surface area contributed by atoms with E-state index in [1.807, 2.05) is 11.8 Å². The van der Waals surface area contributed by atoms with Gasteiger partial charge in [0.1, 0.15) is 0 Å². The summed E-state index contributed by atoms with van der Waals surface area (Å²) in [6.45, 7) is 0. The van der Waals surface area contributed by atoms with Crippen molar-refractivity contribution in [1.29, 1.82) is 0 Å². The second-order valence-electron chi connectivity index (χ2n) is 4.30. The van der Waals surface area contributed by atoms with Crippen LogP contribution in [0.5, 0.6) is 0 Å². The fourth-order valence-corrected chi connectivity index (χ4v) is 2.87. The molecule has 0 bridgehead atoms. The molecule has 0 fully saturated rings. The third-order valence-corrected chi connectivity index (χ3v) is 4.01. The molecule has 1 N–H and O–H groups in total. The lowest BCUT2D eigenvalue weighted by molar-refractivity contribution is 1.12. The number of nitrogens with one attached hydrogen (secondary N) is 1. The van der Waals surface area contributed by atoms with Gasteiger partial charge < -0.3 is 10.2 Å². The molecule has 1 aliphatic rings. The van der Waals surface area contributed by atoms with E-state index in [0.29, 0.717) is 0 Å². The molecule has 0 spiro atoms. The Bertz CT molecular complexity index is 564. The van der Waals surface area contributed by atoms with Crippen molar-refractivity contribution in [3.63, 3.8) is 0 Å². The molecular formula is C14H14N2S. The van der Waals surface area contributed by atoms with Crippen molar-refractivity contribution in [2.45, 2.75) is 9.79 Å². The first-order valence-corrected chi connectivity index (χ1v) is 6.41. The summed E-state index contributed by atoms with van der Waals surface area (Å²) in [5.74, 6) is 0. The van der Waals surface area contributed by atoms with E-state index in [-0.39, 0.29) is 0 Å². The standard InChI is InChI=1S/C14H14N2S/c1-16(2)10-7-8-14-12(9-10)15-11-5-3-4-6-13(11)17-14/h3-9,15H,1-2H3. The average molecular weight is 242 g/mol. The van der Waals surface area contributed by atoms with Gasteiger partial charge in [0.15, 0.2) is 0 Å². The molecule has 3 heteroatoms. The minimum Gasteiger partial charge on any atom is -0.378 e.